The van der Waals surface area contributed by atoms with E-state index in [0.717, 1.165) is 0 Å². The molecule has 3 N–H and O–H groups in total. The lowest BCUT2D eigenvalue weighted by Crippen LogP contribution is -2.28. The average Bonchev–Trinajstić information content (AvgIpc) is 2.58. The van der Waals surface area contributed by atoms with Crippen molar-refractivity contribution in [1.29, 1.82) is 0 Å². The number of hydrogen-bond acceptors (Lipinski definition) is 4. The maximum Gasteiger partial charge on any atom is 0.0931 e. The van der Waals surface area contributed by atoms with Crippen LogP contribution in [0.5, 0.6) is 0 Å². The molecule has 12 heavy (non-hydrogen) atoms. The normalized spacial score (nSPS) is 31.2. The van der Waals surface area contributed by atoms with Gasteiger partial charge in [-0.3, -0.25) is 10.5 Å². The van der Waals surface area contributed by atoms with Gasteiger partial charge in [-0.05, 0) is 6.07 Å². The minimum absolute atomic E-state index is 0.00463. The summed E-state index contributed by atoms with van der Waals surface area (Å²) in [6.07, 6.45) is 3.13. The van der Waals surface area contributed by atoms with Crippen molar-refractivity contribution in [2.75, 3.05) is 13.1 Å². The Morgan fingerprint density at radius 2 is 2.33 bits per heavy atom. The highest BCUT2D eigenvalue weighted by Crippen LogP contribution is 2.18. The molecule has 1 aliphatic heterocycles. The van der Waals surface area contributed by atoms with E-state index >= 15 is 0 Å². The van der Waals surface area contributed by atoms with Gasteiger partial charge >= 0.3 is 0 Å². The summed E-state index contributed by atoms with van der Waals surface area (Å²) in [5.74, 6) is 5.55. The smallest absolute Gasteiger partial charge is 0.0931 e. The highest BCUT2D eigenvalue weighted by Gasteiger charge is 2.31. The number of hydrazine groups is 1. The quantitative estimate of drug-likeness (QED) is 0.526. The van der Waals surface area contributed by atoms with Gasteiger partial charge in [0, 0.05) is 25.5 Å². The van der Waals surface area contributed by atoms with Gasteiger partial charge in [-0.15, -0.1) is 0 Å². The number of rotatable bonds is 1. The summed E-state index contributed by atoms with van der Waals surface area (Å²) >= 11 is 0. The van der Waals surface area contributed by atoms with Gasteiger partial charge in [-0.25, -0.2) is 5.01 Å². The first-order chi connectivity index (χ1) is 5.77. The molecule has 0 amide bonds. The van der Waals surface area contributed by atoms with E-state index in [1.165, 1.54) is 0 Å². The van der Waals surface area contributed by atoms with Crippen molar-refractivity contribution < 1.29 is 5.11 Å². The first kappa shape index (κ1) is 7.72. The second kappa shape index (κ2) is 2.85. The Morgan fingerprint density at radius 3 is 2.83 bits per heavy atom. The molecule has 2 atom stereocenters. The van der Waals surface area contributed by atoms with Gasteiger partial charge < -0.3 is 5.11 Å². The van der Waals surface area contributed by atoms with E-state index in [-0.39, 0.29) is 6.04 Å². The van der Waals surface area contributed by atoms with Crippen LogP contribution in [0, 0.1) is 0 Å². The molecule has 5 heteroatoms. The Morgan fingerprint density at radius 1 is 1.50 bits per heavy atom. The predicted molar refractivity (Wildman–Crippen MR) is 43.0 cm³/mol. The van der Waals surface area contributed by atoms with Gasteiger partial charge in [0.15, 0.2) is 0 Å². The summed E-state index contributed by atoms with van der Waals surface area (Å²) in [6, 6.07) is 1.84. The SMILES string of the molecule is NN1C[C@H](O)[C@@H](n2cccn2)C1. The molecule has 1 aliphatic rings. The minimum atomic E-state index is -0.408. The van der Waals surface area contributed by atoms with Crippen molar-refractivity contribution in [3.05, 3.63) is 18.5 Å². The molecule has 0 aliphatic carbocycles. The summed E-state index contributed by atoms with van der Waals surface area (Å²) in [6.45, 7) is 1.17. The monoisotopic (exact) mass is 168 g/mol. The standard InChI is InChI=1S/C7H12N4O/c8-10-4-6(7(12)5-10)11-3-1-2-9-11/h1-3,6-7,12H,4-5,8H2/t6-,7-/m0/s1. The Hall–Kier alpha value is -0.910. The molecule has 2 heterocycles. The average molecular weight is 168 g/mol. The lowest BCUT2D eigenvalue weighted by molar-refractivity contribution is 0.139. The Kier molecular flexibility index (Phi) is 1.84. The zero-order chi connectivity index (χ0) is 8.55. The number of aromatic nitrogens is 2. The van der Waals surface area contributed by atoms with Crippen LogP contribution in [-0.2, 0) is 0 Å². The van der Waals surface area contributed by atoms with Crippen LogP contribution in [0.4, 0.5) is 0 Å². The maximum absolute atomic E-state index is 9.55. The van der Waals surface area contributed by atoms with E-state index in [1.54, 1.807) is 15.9 Å². The van der Waals surface area contributed by atoms with Crippen molar-refractivity contribution in [2.24, 2.45) is 5.84 Å². The van der Waals surface area contributed by atoms with Crippen molar-refractivity contribution >= 4 is 0 Å². The molecule has 66 valence electrons. The first-order valence-electron chi connectivity index (χ1n) is 3.94. The van der Waals surface area contributed by atoms with Gasteiger partial charge in [-0.1, -0.05) is 0 Å². The second-order valence-electron chi connectivity index (χ2n) is 3.07. The summed E-state index contributed by atoms with van der Waals surface area (Å²) in [7, 11) is 0. The number of nitrogens with zero attached hydrogens (tertiary/aromatic N) is 3. The third-order valence-electron chi connectivity index (χ3n) is 2.15. The van der Waals surface area contributed by atoms with Crippen LogP contribution in [-0.4, -0.2) is 39.1 Å². The fraction of sp³-hybridized carbons (Fsp3) is 0.571. The fourth-order valence-electron chi connectivity index (χ4n) is 1.54. The van der Waals surface area contributed by atoms with E-state index in [9.17, 15) is 5.11 Å². The van der Waals surface area contributed by atoms with Crippen molar-refractivity contribution in [3.8, 4) is 0 Å². The van der Waals surface area contributed by atoms with Crippen LogP contribution >= 0.6 is 0 Å². The molecule has 0 unspecified atom stereocenters. The number of β-amino-alcohol motifs (C(OH)–C–C–N with tert-alkyl or cyclic N) is 1. The lowest BCUT2D eigenvalue weighted by Gasteiger charge is -2.12. The van der Waals surface area contributed by atoms with Gasteiger partial charge in [0.1, 0.15) is 0 Å². The molecule has 0 saturated carbocycles. The van der Waals surface area contributed by atoms with Crippen LogP contribution in [0.25, 0.3) is 0 Å². The highest BCUT2D eigenvalue weighted by atomic mass is 16.3. The Balaban J connectivity index is 2.15. The van der Waals surface area contributed by atoms with Crippen LogP contribution in [0.15, 0.2) is 18.5 Å². The van der Waals surface area contributed by atoms with E-state index in [2.05, 4.69) is 5.10 Å². The van der Waals surface area contributed by atoms with Gasteiger partial charge in [0.2, 0.25) is 0 Å². The Labute approximate surface area is 70.4 Å². The molecule has 5 nitrogen and oxygen atoms in total. The van der Waals surface area contributed by atoms with Crippen molar-refractivity contribution in [3.63, 3.8) is 0 Å². The molecule has 0 bridgehead atoms. The van der Waals surface area contributed by atoms with E-state index in [1.807, 2.05) is 12.3 Å². The van der Waals surface area contributed by atoms with Crippen LogP contribution in [0.2, 0.25) is 0 Å². The van der Waals surface area contributed by atoms with Crippen LogP contribution < -0.4 is 5.84 Å². The molecule has 1 aromatic heterocycles. The zero-order valence-corrected chi connectivity index (χ0v) is 6.67. The minimum Gasteiger partial charge on any atom is -0.389 e. The van der Waals surface area contributed by atoms with Crippen LogP contribution in [0.3, 0.4) is 0 Å². The molecule has 0 radical (unpaired) electrons. The van der Waals surface area contributed by atoms with Crippen LogP contribution in [0.1, 0.15) is 6.04 Å². The topological polar surface area (TPSA) is 67.3 Å². The third-order valence-corrected chi connectivity index (χ3v) is 2.15. The van der Waals surface area contributed by atoms with Gasteiger partial charge in [0.05, 0.1) is 12.1 Å². The third kappa shape index (κ3) is 1.22. The zero-order valence-electron chi connectivity index (χ0n) is 6.67. The van der Waals surface area contributed by atoms with E-state index < -0.39 is 6.10 Å². The van der Waals surface area contributed by atoms with Crippen molar-refractivity contribution in [2.45, 2.75) is 12.1 Å². The molecule has 2 rings (SSSR count). The first-order valence-corrected chi connectivity index (χ1v) is 3.94. The predicted octanol–water partition coefficient (Wildman–Crippen LogP) is -1.03. The molecule has 0 aromatic carbocycles. The molecule has 1 fully saturated rings. The number of aliphatic hydroxyl groups is 1. The highest BCUT2D eigenvalue weighted by molar-refractivity contribution is 4.89. The number of nitrogens with two attached hydrogens (primary N) is 1. The van der Waals surface area contributed by atoms with Gasteiger partial charge in [-0.2, -0.15) is 5.10 Å². The maximum atomic E-state index is 9.55. The lowest BCUT2D eigenvalue weighted by atomic mass is 10.2. The summed E-state index contributed by atoms with van der Waals surface area (Å²) < 4.78 is 1.75. The largest absolute Gasteiger partial charge is 0.389 e. The fourth-order valence-corrected chi connectivity index (χ4v) is 1.54. The van der Waals surface area contributed by atoms with Gasteiger partial charge in [0.25, 0.3) is 0 Å². The molecule has 1 aromatic rings. The molecular weight excluding hydrogens is 156 g/mol. The second-order valence-corrected chi connectivity index (χ2v) is 3.07. The summed E-state index contributed by atoms with van der Waals surface area (Å²) in [5, 5.41) is 15.2. The summed E-state index contributed by atoms with van der Waals surface area (Å²) in [4.78, 5) is 0. The van der Waals surface area contributed by atoms with E-state index in [0.29, 0.717) is 13.1 Å². The molecular formula is C7H12N4O. The number of aliphatic hydroxyl groups excluding tert-OH is 1. The van der Waals surface area contributed by atoms with Crippen molar-refractivity contribution in [1.82, 2.24) is 14.8 Å². The molecule has 1 saturated heterocycles. The Bertz CT molecular complexity index is 248. The summed E-state index contributed by atoms with van der Waals surface area (Å²) in [5.41, 5.74) is 0. The molecule has 0 spiro atoms. The number of hydrogen-bond donors (Lipinski definition) is 2. The van der Waals surface area contributed by atoms with E-state index in [4.69, 9.17) is 5.84 Å².